The van der Waals surface area contributed by atoms with Gasteiger partial charge in [0.15, 0.2) is 5.03 Å². The number of imidazole rings is 1. The fraction of sp³-hybridized carbons (Fsp3) is 0.125. The average Bonchev–Trinajstić information content (AvgIpc) is 3.33. The minimum atomic E-state index is -4.69. The number of benzene rings is 2. The number of halogens is 2. The molecule has 1 atom stereocenters. The van der Waals surface area contributed by atoms with Crippen LogP contribution in [0.15, 0.2) is 72.0 Å². The van der Waals surface area contributed by atoms with Gasteiger partial charge in [0.25, 0.3) is 5.91 Å². The molecule has 184 valence electrons. The third-order valence-corrected chi connectivity index (χ3v) is 7.31. The topological polar surface area (TPSA) is 131 Å². The molecular weight excluding hydrogens is 525 g/mol. The van der Waals surface area contributed by atoms with Crippen LogP contribution in [0.1, 0.15) is 12.5 Å². The highest BCUT2D eigenvalue weighted by molar-refractivity contribution is 7.85. The zero-order valence-corrected chi connectivity index (χ0v) is 21.1. The summed E-state index contributed by atoms with van der Waals surface area (Å²) in [6.45, 7) is 1.60. The number of nitrogen functional groups attached to an aromatic ring is 1. The minimum absolute atomic E-state index is 0.0260. The number of pyridine rings is 1. The lowest BCUT2D eigenvalue weighted by atomic mass is 9.91. The van der Waals surface area contributed by atoms with Gasteiger partial charge in [0.1, 0.15) is 11.4 Å². The number of hydrogen-bond donors (Lipinski definition) is 2. The summed E-state index contributed by atoms with van der Waals surface area (Å²) < 4.78 is 35.5. The van der Waals surface area contributed by atoms with Crippen molar-refractivity contribution in [2.75, 3.05) is 10.6 Å². The van der Waals surface area contributed by atoms with Gasteiger partial charge in [0, 0.05) is 28.2 Å². The molecule has 0 radical (unpaired) electrons. The SMILES string of the molecule is CC1(Cc2ccc(-c3ccc(N)nc3)cc2)C(=O)N(c2cc(Cl)cc(Cl)c2)c2ncc(S(=O)(=O)O)n21. The number of aromatic nitrogens is 3. The van der Waals surface area contributed by atoms with Crippen LogP contribution in [0.25, 0.3) is 11.1 Å². The Morgan fingerprint density at radius 1 is 0.972 bits per heavy atom. The summed E-state index contributed by atoms with van der Waals surface area (Å²) in [5.41, 5.74) is 7.06. The van der Waals surface area contributed by atoms with Gasteiger partial charge in [-0.05, 0) is 48.4 Å². The number of fused-ring (bicyclic) bond motifs is 1. The zero-order chi connectivity index (χ0) is 25.8. The fourth-order valence-corrected chi connectivity index (χ4v) is 5.62. The van der Waals surface area contributed by atoms with E-state index in [0.29, 0.717) is 21.6 Å². The van der Waals surface area contributed by atoms with Crippen LogP contribution in [0.3, 0.4) is 0 Å². The van der Waals surface area contributed by atoms with Gasteiger partial charge in [-0.25, -0.2) is 14.9 Å². The summed E-state index contributed by atoms with van der Waals surface area (Å²) in [6, 6.07) is 15.5. The van der Waals surface area contributed by atoms with Crippen LogP contribution in [-0.2, 0) is 26.9 Å². The van der Waals surface area contributed by atoms with Crippen molar-refractivity contribution < 1.29 is 17.8 Å². The molecule has 12 heteroatoms. The third kappa shape index (κ3) is 4.11. The van der Waals surface area contributed by atoms with Crippen LogP contribution >= 0.6 is 23.2 Å². The summed E-state index contributed by atoms with van der Waals surface area (Å²) in [5, 5.41) is 0.0908. The standard InChI is InChI=1S/C24H19Cl2N5O4S/c1-24(11-14-2-4-15(5-3-14)16-6-7-20(27)28-12-16)22(32)30(19-9-17(25)8-18(26)10-19)23-29-13-21(31(23)24)36(33,34)35/h2-10,12-13H,11H2,1H3,(H2,27,28)(H,33,34,35). The smallest absolute Gasteiger partial charge is 0.312 e. The average molecular weight is 544 g/mol. The van der Waals surface area contributed by atoms with Crippen molar-refractivity contribution in [1.29, 1.82) is 0 Å². The lowest BCUT2D eigenvalue weighted by Crippen LogP contribution is -2.41. The summed E-state index contributed by atoms with van der Waals surface area (Å²) in [6.07, 6.45) is 2.80. The van der Waals surface area contributed by atoms with Crippen LogP contribution in [0.5, 0.6) is 0 Å². The molecule has 0 bridgehead atoms. The van der Waals surface area contributed by atoms with E-state index >= 15 is 0 Å². The highest BCUT2D eigenvalue weighted by atomic mass is 35.5. The van der Waals surface area contributed by atoms with Crippen LogP contribution in [0.4, 0.5) is 17.5 Å². The molecule has 2 aromatic carbocycles. The number of nitrogens with zero attached hydrogens (tertiary/aromatic N) is 4. The maximum Gasteiger partial charge on any atom is 0.312 e. The highest BCUT2D eigenvalue weighted by Gasteiger charge is 2.51. The summed E-state index contributed by atoms with van der Waals surface area (Å²) in [5.74, 6) is -0.0157. The molecular formula is C24H19Cl2N5O4S. The Balaban J connectivity index is 1.58. The first kappa shape index (κ1) is 24.3. The van der Waals surface area contributed by atoms with E-state index in [1.165, 1.54) is 27.7 Å². The lowest BCUT2D eigenvalue weighted by molar-refractivity contribution is -0.124. The van der Waals surface area contributed by atoms with Gasteiger partial charge in [-0.1, -0.05) is 47.5 Å². The Morgan fingerprint density at radius 3 is 2.19 bits per heavy atom. The predicted molar refractivity (Wildman–Crippen MR) is 137 cm³/mol. The van der Waals surface area contributed by atoms with Gasteiger partial charge in [-0.3, -0.25) is 13.9 Å². The van der Waals surface area contributed by atoms with Crippen molar-refractivity contribution in [1.82, 2.24) is 14.5 Å². The van der Waals surface area contributed by atoms with Crippen molar-refractivity contribution in [3.63, 3.8) is 0 Å². The number of carbonyl (C=O) groups excluding carboxylic acids is 1. The molecule has 1 amide bonds. The maximum absolute atomic E-state index is 13.9. The number of carbonyl (C=O) groups is 1. The first-order chi connectivity index (χ1) is 17.0. The van der Waals surface area contributed by atoms with Gasteiger partial charge < -0.3 is 5.73 Å². The number of rotatable bonds is 5. The van der Waals surface area contributed by atoms with E-state index in [-0.39, 0.29) is 12.4 Å². The van der Waals surface area contributed by atoms with Crippen molar-refractivity contribution in [2.45, 2.75) is 23.9 Å². The van der Waals surface area contributed by atoms with Gasteiger partial charge in [-0.15, -0.1) is 0 Å². The van der Waals surface area contributed by atoms with Gasteiger partial charge in [-0.2, -0.15) is 8.42 Å². The van der Waals surface area contributed by atoms with Gasteiger partial charge in [0.05, 0.1) is 11.9 Å². The molecule has 9 nitrogen and oxygen atoms in total. The molecule has 1 aliphatic heterocycles. The van der Waals surface area contributed by atoms with E-state index in [4.69, 9.17) is 28.9 Å². The summed E-state index contributed by atoms with van der Waals surface area (Å²) in [7, 11) is -4.69. The van der Waals surface area contributed by atoms with Crippen LogP contribution < -0.4 is 10.6 Å². The zero-order valence-electron chi connectivity index (χ0n) is 18.8. The molecule has 1 aliphatic rings. The molecule has 36 heavy (non-hydrogen) atoms. The van der Waals surface area contributed by atoms with Crippen LogP contribution in [0, 0.1) is 0 Å². The second kappa shape index (κ2) is 8.59. The number of anilines is 3. The molecule has 0 spiro atoms. The summed E-state index contributed by atoms with van der Waals surface area (Å²) >= 11 is 12.3. The molecule has 3 N–H and O–H groups in total. The number of nitrogens with two attached hydrogens (primary N) is 1. The second-order valence-electron chi connectivity index (χ2n) is 8.59. The molecule has 4 aromatic rings. The monoisotopic (exact) mass is 543 g/mol. The van der Waals surface area contributed by atoms with Crippen molar-refractivity contribution >= 4 is 56.7 Å². The third-order valence-electron chi connectivity index (χ3n) is 6.06. The van der Waals surface area contributed by atoms with Crippen LogP contribution in [0.2, 0.25) is 10.0 Å². The van der Waals surface area contributed by atoms with Gasteiger partial charge in [0.2, 0.25) is 5.95 Å². The fourth-order valence-electron chi connectivity index (χ4n) is 4.40. The predicted octanol–water partition coefficient (Wildman–Crippen LogP) is 4.72. The van der Waals surface area contributed by atoms with Crippen LogP contribution in [-0.4, -0.2) is 33.4 Å². The van der Waals surface area contributed by atoms with E-state index in [2.05, 4.69) is 9.97 Å². The maximum atomic E-state index is 13.9. The molecule has 1 unspecified atom stereocenters. The van der Waals surface area contributed by atoms with E-state index in [9.17, 15) is 17.8 Å². The van der Waals surface area contributed by atoms with E-state index in [1.54, 1.807) is 19.2 Å². The van der Waals surface area contributed by atoms with Crippen molar-refractivity contribution in [3.8, 4) is 11.1 Å². The van der Waals surface area contributed by atoms with E-state index in [0.717, 1.165) is 22.9 Å². The minimum Gasteiger partial charge on any atom is -0.384 e. The molecule has 3 heterocycles. The molecule has 2 aromatic heterocycles. The first-order valence-electron chi connectivity index (χ1n) is 10.6. The Labute approximate surface area is 216 Å². The van der Waals surface area contributed by atoms with Crippen molar-refractivity contribution in [3.05, 3.63) is 82.6 Å². The lowest BCUT2D eigenvalue weighted by Gasteiger charge is -2.26. The molecule has 0 fully saturated rings. The number of amides is 1. The normalized spacial score (nSPS) is 17.4. The molecule has 5 rings (SSSR count). The largest absolute Gasteiger partial charge is 0.384 e. The second-order valence-corrected chi connectivity index (χ2v) is 10.8. The molecule has 0 saturated carbocycles. The van der Waals surface area contributed by atoms with Gasteiger partial charge >= 0.3 is 10.1 Å². The van der Waals surface area contributed by atoms with E-state index < -0.39 is 26.6 Å². The molecule has 0 aliphatic carbocycles. The Hall–Kier alpha value is -3.44. The Morgan fingerprint density at radius 2 is 1.61 bits per heavy atom. The highest BCUT2D eigenvalue weighted by Crippen LogP contribution is 2.44. The summed E-state index contributed by atoms with van der Waals surface area (Å²) in [4.78, 5) is 23.4. The van der Waals surface area contributed by atoms with Crippen molar-refractivity contribution in [2.24, 2.45) is 0 Å². The van der Waals surface area contributed by atoms with E-state index in [1.807, 2.05) is 30.3 Å². The Kier molecular flexibility index (Phi) is 5.79. The molecule has 0 saturated heterocycles. The first-order valence-corrected chi connectivity index (χ1v) is 12.8. The quantitative estimate of drug-likeness (QED) is 0.348. The number of hydrogen-bond acceptors (Lipinski definition) is 6. The Bertz CT molecular complexity index is 1580.